The second-order valence-corrected chi connectivity index (χ2v) is 11.4. The van der Waals surface area contributed by atoms with E-state index in [0.717, 1.165) is 6.54 Å². The molecule has 2 nitrogen and oxygen atoms in total. The number of benzene rings is 6. The first-order chi connectivity index (χ1) is 20.8. The summed E-state index contributed by atoms with van der Waals surface area (Å²) in [7, 11) is 0. The molecule has 2 N–H and O–H groups in total. The van der Waals surface area contributed by atoms with Gasteiger partial charge in [0.1, 0.15) is 0 Å². The zero-order valence-electron chi connectivity index (χ0n) is 23.1. The second-order valence-electron chi connectivity index (χ2n) is 11.4. The average molecular weight is 537 g/mol. The van der Waals surface area contributed by atoms with Crippen molar-refractivity contribution in [1.82, 2.24) is 0 Å². The van der Waals surface area contributed by atoms with Gasteiger partial charge in [0.25, 0.3) is 0 Å². The minimum atomic E-state index is 0.142. The molecule has 6 aromatic carbocycles. The van der Waals surface area contributed by atoms with Crippen molar-refractivity contribution < 1.29 is 0 Å². The number of nitrogens with one attached hydrogen (secondary N) is 2. The van der Waals surface area contributed by atoms with E-state index in [1.54, 1.807) is 0 Å². The largest absolute Gasteiger partial charge is 0.379 e. The first-order valence-corrected chi connectivity index (χ1v) is 14.7. The van der Waals surface area contributed by atoms with Crippen molar-refractivity contribution in [3.05, 3.63) is 144 Å². The molecular formula is C40H28N2. The van der Waals surface area contributed by atoms with Crippen LogP contribution in [0.1, 0.15) is 22.7 Å². The summed E-state index contributed by atoms with van der Waals surface area (Å²) >= 11 is 0. The molecule has 0 radical (unpaired) electrons. The zero-order valence-corrected chi connectivity index (χ0v) is 23.1. The Morgan fingerprint density at radius 2 is 1.14 bits per heavy atom. The summed E-state index contributed by atoms with van der Waals surface area (Å²) in [6.45, 7) is 0.865. The van der Waals surface area contributed by atoms with Crippen LogP contribution >= 0.6 is 0 Å². The molecule has 6 aromatic rings. The van der Waals surface area contributed by atoms with Crippen molar-refractivity contribution in [2.75, 3.05) is 17.2 Å². The van der Waals surface area contributed by atoms with Crippen LogP contribution in [0, 0.1) is 0 Å². The van der Waals surface area contributed by atoms with Gasteiger partial charge in [0.15, 0.2) is 0 Å². The third-order valence-electron chi connectivity index (χ3n) is 9.08. The predicted octanol–water partition coefficient (Wildman–Crippen LogP) is 10.4. The predicted molar refractivity (Wildman–Crippen MR) is 179 cm³/mol. The van der Waals surface area contributed by atoms with Gasteiger partial charge in [-0.3, -0.25) is 0 Å². The highest BCUT2D eigenvalue weighted by atomic mass is 15.0. The fraction of sp³-hybridized carbons (Fsp3) is 0.0500. The maximum Gasteiger partial charge on any atom is 0.0702 e. The van der Waals surface area contributed by atoms with Gasteiger partial charge in [-0.2, -0.15) is 0 Å². The Balaban J connectivity index is 1.00. The third-order valence-corrected chi connectivity index (χ3v) is 9.08. The summed E-state index contributed by atoms with van der Waals surface area (Å²) in [6.07, 6.45) is 8.86. The zero-order chi connectivity index (χ0) is 27.6. The average Bonchev–Trinajstić information content (AvgIpc) is 3.40. The lowest BCUT2D eigenvalue weighted by Gasteiger charge is -2.27. The molecule has 0 saturated heterocycles. The summed E-state index contributed by atoms with van der Waals surface area (Å²) in [6, 6.07) is 42.6. The fourth-order valence-corrected chi connectivity index (χ4v) is 6.99. The van der Waals surface area contributed by atoms with Gasteiger partial charge < -0.3 is 10.6 Å². The summed E-state index contributed by atoms with van der Waals surface area (Å²) in [5, 5.41) is 10.0. The highest BCUT2D eigenvalue weighted by Crippen LogP contribution is 2.49. The quantitative estimate of drug-likeness (QED) is 0.235. The van der Waals surface area contributed by atoms with Crippen LogP contribution in [0.25, 0.3) is 67.4 Å². The molecule has 0 amide bonds. The Morgan fingerprint density at radius 1 is 0.500 bits per heavy atom. The monoisotopic (exact) mass is 536 g/mol. The van der Waals surface area contributed by atoms with Crippen molar-refractivity contribution >= 4 is 34.3 Å². The molecule has 2 heteroatoms. The molecular weight excluding hydrogens is 508 g/mol. The Kier molecular flexibility index (Phi) is 5.06. The topological polar surface area (TPSA) is 24.1 Å². The molecule has 9 rings (SSSR count). The summed E-state index contributed by atoms with van der Waals surface area (Å²) < 4.78 is 0. The lowest BCUT2D eigenvalue weighted by atomic mass is 9.92. The van der Waals surface area contributed by atoms with E-state index in [-0.39, 0.29) is 6.04 Å². The van der Waals surface area contributed by atoms with Crippen LogP contribution in [0.5, 0.6) is 0 Å². The lowest BCUT2D eigenvalue weighted by molar-refractivity contribution is 0.978. The normalized spacial score (nSPS) is 15.5. The van der Waals surface area contributed by atoms with Gasteiger partial charge in [-0.25, -0.2) is 0 Å². The molecule has 198 valence electrons. The standard InChI is InChI=1S/C40H28N2/c1-2-7-33-32(6-1)35-9-3-8-34-31(21-22-36(33)38(34)35)27-14-10-25(11-15-27)26-12-16-28(17-13-26)37-23-20-30-19-18-29-5-4-24-41-39(29)40(30)42-37/h1-23,37,41-42H,24H2. The van der Waals surface area contributed by atoms with E-state index in [9.17, 15) is 0 Å². The number of hydrogen-bond acceptors (Lipinski definition) is 2. The Morgan fingerprint density at radius 3 is 1.93 bits per heavy atom. The van der Waals surface area contributed by atoms with E-state index in [0.29, 0.717) is 0 Å². The van der Waals surface area contributed by atoms with Gasteiger partial charge in [-0.1, -0.05) is 140 Å². The Bertz CT molecular complexity index is 2070. The van der Waals surface area contributed by atoms with E-state index < -0.39 is 0 Å². The highest BCUT2D eigenvalue weighted by molar-refractivity contribution is 6.18. The Labute approximate surface area is 245 Å². The summed E-state index contributed by atoms with van der Waals surface area (Å²) in [5.41, 5.74) is 16.5. The molecule has 0 fully saturated rings. The number of anilines is 2. The van der Waals surface area contributed by atoms with Crippen molar-refractivity contribution in [3.63, 3.8) is 0 Å². The SMILES string of the molecule is C1=Cc2ccc3c(c2NC1)NC(c1ccc(-c2ccc(-c4ccc5c6c(cccc46)-c4ccccc4-5)cc2)cc1)C=C3. The van der Waals surface area contributed by atoms with Crippen LogP contribution in [0.3, 0.4) is 0 Å². The van der Waals surface area contributed by atoms with Crippen LogP contribution in [0.15, 0.2) is 127 Å². The van der Waals surface area contributed by atoms with Crippen LogP contribution in [0.2, 0.25) is 0 Å². The van der Waals surface area contributed by atoms with Gasteiger partial charge in [0.2, 0.25) is 0 Å². The van der Waals surface area contributed by atoms with Crippen LogP contribution in [-0.2, 0) is 0 Å². The Hall–Kier alpha value is -5.34. The second kappa shape index (κ2) is 9.09. The van der Waals surface area contributed by atoms with Crippen molar-refractivity contribution in [3.8, 4) is 44.5 Å². The van der Waals surface area contributed by atoms with E-state index in [1.165, 1.54) is 83.3 Å². The summed E-state index contributed by atoms with van der Waals surface area (Å²) in [4.78, 5) is 0. The lowest BCUT2D eigenvalue weighted by Crippen LogP contribution is -2.16. The van der Waals surface area contributed by atoms with E-state index in [2.05, 4.69) is 150 Å². The number of hydrogen-bond donors (Lipinski definition) is 2. The third kappa shape index (κ3) is 3.52. The van der Waals surface area contributed by atoms with Crippen molar-refractivity contribution in [2.24, 2.45) is 0 Å². The maximum atomic E-state index is 3.78. The molecule has 1 atom stereocenters. The van der Waals surface area contributed by atoms with Crippen LogP contribution in [0.4, 0.5) is 11.4 Å². The van der Waals surface area contributed by atoms with Crippen molar-refractivity contribution in [2.45, 2.75) is 6.04 Å². The smallest absolute Gasteiger partial charge is 0.0702 e. The van der Waals surface area contributed by atoms with E-state index in [1.807, 2.05) is 0 Å². The molecule has 0 bridgehead atoms. The molecule has 0 saturated carbocycles. The van der Waals surface area contributed by atoms with Gasteiger partial charge in [0, 0.05) is 6.54 Å². The van der Waals surface area contributed by atoms with E-state index >= 15 is 0 Å². The van der Waals surface area contributed by atoms with E-state index in [4.69, 9.17) is 0 Å². The van der Waals surface area contributed by atoms with Crippen LogP contribution < -0.4 is 10.6 Å². The maximum absolute atomic E-state index is 3.78. The minimum absolute atomic E-state index is 0.142. The van der Waals surface area contributed by atoms with Gasteiger partial charge >= 0.3 is 0 Å². The van der Waals surface area contributed by atoms with Gasteiger partial charge in [-0.05, 0) is 72.0 Å². The molecule has 42 heavy (non-hydrogen) atoms. The molecule has 1 unspecified atom stereocenters. The van der Waals surface area contributed by atoms with Crippen LogP contribution in [-0.4, -0.2) is 6.54 Å². The molecule has 1 aliphatic carbocycles. The molecule has 3 aliphatic rings. The number of fused-ring (bicyclic) bond motifs is 6. The first-order valence-electron chi connectivity index (χ1n) is 14.7. The fourth-order valence-electron chi connectivity index (χ4n) is 6.99. The molecule has 2 heterocycles. The molecule has 2 aliphatic heterocycles. The molecule has 0 aromatic heterocycles. The highest BCUT2D eigenvalue weighted by Gasteiger charge is 2.22. The minimum Gasteiger partial charge on any atom is -0.379 e. The summed E-state index contributed by atoms with van der Waals surface area (Å²) in [5.74, 6) is 0. The number of rotatable bonds is 3. The molecule has 0 spiro atoms. The van der Waals surface area contributed by atoms with Crippen molar-refractivity contribution in [1.29, 1.82) is 0 Å². The first kappa shape index (κ1) is 23.4. The van der Waals surface area contributed by atoms with Gasteiger partial charge in [0.05, 0.1) is 17.4 Å². The van der Waals surface area contributed by atoms with Gasteiger partial charge in [-0.15, -0.1) is 0 Å².